The molecular weight excluding hydrogens is 316 g/mol. The highest BCUT2D eigenvalue weighted by Crippen LogP contribution is 2.09. The third kappa shape index (κ3) is 4.14. The number of hydrogen-bond donors (Lipinski definition) is 1. The summed E-state index contributed by atoms with van der Waals surface area (Å²) in [6, 6.07) is 15.9. The van der Waals surface area contributed by atoms with Gasteiger partial charge in [0.2, 0.25) is 18.0 Å². The Morgan fingerprint density at radius 2 is 1.76 bits per heavy atom. The average molecular weight is 333 g/mol. The molecule has 0 aliphatic carbocycles. The van der Waals surface area contributed by atoms with Crippen molar-refractivity contribution in [1.29, 1.82) is 0 Å². The number of carboxylic acid groups (broad SMARTS) is 1. The molecule has 0 saturated carbocycles. The maximum Gasteiger partial charge on any atom is 0.335 e. The van der Waals surface area contributed by atoms with E-state index in [1.165, 1.54) is 0 Å². The fourth-order valence-corrected chi connectivity index (χ4v) is 2.61. The number of Topliss-reactive ketones (excluding diaryl/α,β-unsaturated/α-hetero) is 1. The number of aromatic carboxylic acids is 1. The van der Waals surface area contributed by atoms with Crippen LogP contribution in [0.5, 0.6) is 0 Å². The molecule has 0 atom stereocenters. The van der Waals surface area contributed by atoms with Gasteiger partial charge in [0.25, 0.3) is 0 Å². The first kappa shape index (κ1) is 16.5. The number of carboxylic acids is 1. The maximum absolute atomic E-state index is 12.4. The molecule has 0 radical (unpaired) electrons. The molecule has 0 unspecified atom stereocenters. The van der Waals surface area contributed by atoms with Gasteiger partial charge in [-0.3, -0.25) is 9.78 Å². The minimum absolute atomic E-state index is 0.0114. The molecule has 0 spiro atoms. The second-order valence-corrected chi connectivity index (χ2v) is 5.67. The predicted molar refractivity (Wildman–Crippen MR) is 91.4 cm³/mol. The summed E-state index contributed by atoms with van der Waals surface area (Å²) in [4.78, 5) is 27.7. The Morgan fingerprint density at radius 1 is 1.00 bits per heavy atom. The summed E-state index contributed by atoms with van der Waals surface area (Å²) in [6.07, 6.45) is 5.59. The summed E-state index contributed by atoms with van der Waals surface area (Å²) in [6.45, 7) is 0.209. The van der Waals surface area contributed by atoms with Crippen LogP contribution in [0, 0.1) is 0 Å². The molecule has 5 heteroatoms. The molecule has 25 heavy (non-hydrogen) atoms. The highest BCUT2D eigenvalue weighted by Gasteiger charge is 2.17. The fourth-order valence-electron chi connectivity index (χ4n) is 2.61. The zero-order valence-electron chi connectivity index (χ0n) is 13.5. The lowest BCUT2D eigenvalue weighted by atomic mass is 10.1. The Bertz CT molecular complexity index is 908. The molecular formula is C20H17N2O3+. The first-order chi connectivity index (χ1) is 12.1. The number of hydrogen-bond acceptors (Lipinski definition) is 3. The van der Waals surface area contributed by atoms with Gasteiger partial charge in [0.1, 0.15) is 0 Å². The van der Waals surface area contributed by atoms with E-state index in [2.05, 4.69) is 4.98 Å². The van der Waals surface area contributed by atoms with E-state index in [4.69, 9.17) is 5.11 Å². The van der Waals surface area contributed by atoms with Gasteiger partial charge in [-0.2, -0.15) is 4.57 Å². The Kier molecular flexibility index (Phi) is 4.95. The van der Waals surface area contributed by atoms with Crippen LogP contribution in [0.4, 0.5) is 0 Å². The lowest BCUT2D eigenvalue weighted by Crippen LogP contribution is -2.42. The summed E-state index contributed by atoms with van der Waals surface area (Å²) in [5, 5.41) is 9.11. The van der Waals surface area contributed by atoms with Crippen LogP contribution in [0.1, 0.15) is 32.0 Å². The number of carbonyl (C=O) groups excluding carboxylic acids is 1. The quantitative estimate of drug-likeness (QED) is 0.556. The van der Waals surface area contributed by atoms with Gasteiger partial charge in [0, 0.05) is 5.56 Å². The number of aromatic nitrogens is 2. The Labute approximate surface area is 145 Å². The van der Waals surface area contributed by atoms with Crippen LogP contribution in [-0.2, 0) is 13.0 Å². The van der Waals surface area contributed by atoms with E-state index in [9.17, 15) is 9.59 Å². The molecule has 3 rings (SSSR count). The van der Waals surface area contributed by atoms with Crippen LogP contribution < -0.4 is 4.57 Å². The van der Waals surface area contributed by atoms with E-state index < -0.39 is 5.97 Å². The van der Waals surface area contributed by atoms with Crippen LogP contribution in [0.2, 0.25) is 0 Å². The van der Waals surface area contributed by atoms with Gasteiger partial charge >= 0.3 is 5.97 Å². The average Bonchev–Trinajstić information content (AvgIpc) is 2.64. The number of rotatable bonds is 6. The minimum atomic E-state index is -0.958. The van der Waals surface area contributed by atoms with Crippen LogP contribution in [0.3, 0.4) is 0 Å². The molecule has 1 heterocycles. The molecule has 0 bridgehead atoms. The van der Waals surface area contributed by atoms with Crippen LogP contribution in [0.25, 0.3) is 0 Å². The van der Waals surface area contributed by atoms with Crippen LogP contribution in [-0.4, -0.2) is 21.8 Å². The highest BCUT2D eigenvalue weighted by atomic mass is 16.4. The summed E-state index contributed by atoms with van der Waals surface area (Å²) in [7, 11) is 0. The van der Waals surface area contributed by atoms with Gasteiger partial charge in [-0.15, -0.1) is 0 Å². The molecule has 0 aliphatic heterocycles. The monoisotopic (exact) mass is 333 g/mol. The van der Waals surface area contributed by atoms with Gasteiger partial charge in [0.05, 0.1) is 24.4 Å². The van der Waals surface area contributed by atoms with E-state index >= 15 is 0 Å². The molecule has 1 N–H and O–H groups in total. The molecule has 2 aromatic carbocycles. The summed E-state index contributed by atoms with van der Waals surface area (Å²) in [5.41, 5.74) is 2.60. The topological polar surface area (TPSA) is 71.1 Å². The van der Waals surface area contributed by atoms with E-state index in [0.29, 0.717) is 12.0 Å². The standard InChI is InChI=1S/C20H16N2O3/c23-19(16-6-2-1-3-7-16)14-22-10-9-21-13-18(22)12-15-5-4-8-17(11-15)20(24)25/h1-11,13H,12,14H2/p+1. The molecule has 0 saturated heterocycles. The normalized spacial score (nSPS) is 10.4. The highest BCUT2D eigenvalue weighted by molar-refractivity contribution is 5.95. The third-order valence-electron chi connectivity index (χ3n) is 3.89. The smallest absolute Gasteiger partial charge is 0.335 e. The second-order valence-electron chi connectivity index (χ2n) is 5.67. The number of benzene rings is 2. The molecule has 0 amide bonds. The molecule has 0 fully saturated rings. The van der Waals surface area contributed by atoms with Gasteiger partial charge in [-0.1, -0.05) is 42.5 Å². The van der Waals surface area contributed by atoms with Crippen molar-refractivity contribution < 1.29 is 19.3 Å². The van der Waals surface area contributed by atoms with Gasteiger partial charge in [-0.25, -0.2) is 4.79 Å². The lowest BCUT2D eigenvalue weighted by Gasteiger charge is -2.05. The van der Waals surface area contributed by atoms with E-state index in [-0.39, 0.29) is 17.9 Å². The van der Waals surface area contributed by atoms with Crippen molar-refractivity contribution in [2.45, 2.75) is 13.0 Å². The lowest BCUT2D eigenvalue weighted by molar-refractivity contribution is -0.690. The van der Waals surface area contributed by atoms with Crippen molar-refractivity contribution in [2.24, 2.45) is 0 Å². The molecule has 0 aliphatic rings. The van der Waals surface area contributed by atoms with Gasteiger partial charge < -0.3 is 5.11 Å². The SMILES string of the molecule is O=C(O)c1cccc(Cc2cncc[n+]2CC(=O)c2ccccc2)c1. The van der Waals surface area contributed by atoms with Crippen molar-refractivity contribution in [3.63, 3.8) is 0 Å². The maximum atomic E-state index is 12.4. The fraction of sp³-hybridized carbons (Fsp3) is 0.100. The third-order valence-corrected chi connectivity index (χ3v) is 3.89. The van der Waals surface area contributed by atoms with Crippen molar-refractivity contribution in [3.05, 3.63) is 95.6 Å². The van der Waals surface area contributed by atoms with Gasteiger partial charge in [-0.05, 0) is 17.7 Å². The zero-order valence-corrected chi connectivity index (χ0v) is 13.5. The minimum Gasteiger partial charge on any atom is -0.478 e. The number of nitrogens with zero attached hydrogens (tertiary/aromatic N) is 2. The Hall–Kier alpha value is -3.34. The summed E-state index contributed by atoms with van der Waals surface area (Å²) >= 11 is 0. The van der Waals surface area contributed by atoms with E-state index in [0.717, 1.165) is 11.3 Å². The van der Waals surface area contributed by atoms with Crippen molar-refractivity contribution >= 4 is 11.8 Å². The second kappa shape index (κ2) is 7.49. The van der Waals surface area contributed by atoms with Crippen molar-refractivity contribution in [2.75, 3.05) is 0 Å². The van der Waals surface area contributed by atoms with Crippen molar-refractivity contribution in [3.8, 4) is 0 Å². The first-order valence-electron chi connectivity index (χ1n) is 7.86. The Balaban J connectivity index is 1.83. The Morgan fingerprint density at radius 3 is 2.52 bits per heavy atom. The summed E-state index contributed by atoms with van der Waals surface area (Å²) < 4.78 is 1.84. The molecule has 124 valence electrons. The van der Waals surface area contributed by atoms with Crippen LogP contribution in [0.15, 0.2) is 73.2 Å². The molecule has 1 aromatic heterocycles. The zero-order chi connectivity index (χ0) is 17.6. The summed E-state index contributed by atoms with van der Waals surface area (Å²) in [5.74, 6) is -0.947. The van der Waals surface area contributed by atoms with Gasteiger partial charge in [0.15, 0.2) is 6.20 Å². The van der Waals surface area contributed by atoms with Crippen molar-refractivity contribution in [1.82, 2.24) is 4.98 Å². The largest absolute Gasteiger partial charge is 0.478 e. The first-order valence-corrected chi connectivity index (χ1v) is 7.86. The predicted octanol–water partition coefficient (Wildman–Crippen LogP) is 2.54. The molecule has 3 aromatic rings. The number of carbonyl (C=O) groups is 2. The van der Waals surface area contributed by atoms with E-state index in [1.807, 2.05) is 28.8 Å². The number of ketones is 1. The van der Waals surface area contributed by atoms with Crippen LogP contribution >= 0.6 is 0 Å². The van der Waals surface area contributed by atoms with E-state index in [1.54, 1.807) is 48.9 Å². The molecule has 5 nitrogen and oxygen atoms in total.